The van der Waals surface area contributed by atoms with Gasteiger partial charge in [0.15, 0.2) is 5.13 Å². The van der Waals surface area contributed by atoms with Crippen LogP contribution in [0, 0.1) is 0 Å². The van der Waals surface area contributed by atoms with Gasteiger partial charge in [0, 0.05) is 37.2 Å². The predicted molar refractivity (Wildman–Crippen MR) is 119 cm³/mol. The normalized spacial score (nSPS) is 14.9. The highest BCUT2D eigenvalue weighted by atomic mass is 32.2. The monoisotopic (exact) mass is 496 g/mol. The van der Waals surface area contributed by atoms with Crippen molar-refractivity contribution in [1.82, 2.24) is 9.88 Å². The highest BCUT2D eigenvalue weighted by molar-refractivity contribution is 7.93. The van der Waals surface area contributed by atoms with Crippen molar-refractivity contribution in [3.63, 3.8) is 0 Å². The van der Waals surface area contributed by atoms with Crippen LogP contribution in [0.15, 0.2) is 64.9 Å². The Hall–Kier alpha value is -3.12. The minimum Gasteiger partial charge on any atom is -0.368 e. The van der Waals surface area contributed by atoms with Gasteiger partial charge in [0.1, 0.15) is 5.69 Å². The number of anilines is 2. The second-order valence-electron chi connectivity index (χ2n) is 7.28. The molecule has 2 aromatic carbocycles. The van der Waals surface area contributed by atoms with Gasteiger partial charge in [-0.05, 0) is 30.3 Å². The van der Waals surface area contributed by atoms with E-state index in [2.05, 4.69) is 9.71 Å². The zero-order valence-electron chi connectivity index (χ0n) is 17.1. The number of benzene rings is 2. The van der Waals surface area contributed by atoms with Gasteiger partial charge in [0.25, 0.3) is 15.9 Å². The number of sulfonamides is 1. The average Bonchev–Trinajstić information content (AvgIpc) is 3.26. The first-order chi connectivity index (χ1) is 15.6. The molecule has 2 heterocycles. The Bertz CT molecular complexity index is 1240. The van der Waals surface area contributed by atoms with Gasteiger partial charge in [-0.2, -0.15) is 13.2 Å². The van der Waals surface area contributed by atoms with Crippen LogP contribution >= 0.6 is 11.3 Å². The summed E-state index contributed by atoms with van der Waals surface area (Å²) in [7, 11) is -3.82. The highest BCUT2D eigenvalue weighted by Gasteiger charge is 2.31. The van der Waals surface area contributed by atoms with Gasteiger partial charge in [-0.25, -0.2) is 13.4 Å². The third-order valence-corrected chi connectivity index (χ3v) is 7.35. The molecule has 3 aromatic rings. The van der Waals surface area contributed by atoms with Crippen LogP contribution in [0.2, 0.25) is 0 Å². The number of piperazine rings is 1. The average molecular weight is 497 g/mol. The zero-order valence-corrected chi connectivity index (χ0v) is 18.8. The maximum absolute atomic E-state index is 13.0. The van der Waals surface area contributed by atoms with E-state index in [0.717, 1.165) is 23.5 Å². The third-order valence-electron chi connectivity index (χ3n) is 5.10. The van der Waals surface area contributed by atoms with E-state index < -0.39 is 21.8 Å². The summed E-state index contributed by atoms with van der Waals surface area (Å²) < 4.78 is 66.1. The van der Waals surface area contributed by atoms with Crippen molar-refractivity contribution in [1.29, 1.82) is 0 Å². The fourth-order valence-corrected chi connectivity index (χ4v) is 5.36. The highest BCUT2D eigenvalue weighted by Crippen LogP contribution is 2.32. The number of hydrogen-bond acceptors (Lipinski definition) is 6. The molecule has 1 N–H and O–H groups in total. The van der Waals surface area contributed by atoms with Gasteiger partial charge < -0.3 is 9.80 Å². The van der Waals surface area contributed by atoms with Crippen LogP contribution < -0.4 is 9.62 Å². The van der Waals surface area contributed by atoms with E-state index in [1.165, 1.54) is 23.6 Å². The molecule has 174 valence electrons. The number of carbonyl (C=O) groups is 1. The zero-order chi connectivity index (χ0) is 23.6. The first-order valence-corrected chi connectivity index (χ1v) is 12.2. The van der Waals surface area contributed by atoms with Crippen LogP contribution in [0.4, 0.5) is 24.0 Å². The fourth-order valence-electron chi connectivity index (χ4n) is 3.40. The summed E-state index contributed by atoms with van der Waals surface area (Å²) in [5.41, 5.74) is -0.159. The van der Waals surface area contributed by atoms with E-state index in [-0.39, 0.29) is 21.6 Å². The topological polar surface area (TPSA) is 82.6 Å². The first-order valence-electron chi connectivity index (χ1n) is 9.88. The molecule has 4 rings (SSSR count). The summed E-state index contributed by atoms with van der Waals surface area (Å²) in [5.74, 6) is -0.361. The Morgan fingerprint density at radius 2 is 1.70 bits per heavy atom. The molecule has 0 aliphatic carbocycles. The number of amides is 1. The van der Waals surface area contributed by atoms with E-state index in [9.17, 15) is 26.4 Å². The van der Waals surface area contributed by atoms with Gasteiger partial charge in [-0.3, -0.25) is 9.52 Å². The van der Waals surface area contributed by atoms with E-state index in [0.29, 0.717) is 31.9 Å². The number of nitrogens with zero attached hydrogens (tertiary/aromatic N) is 3. The third kappa shape index (κ3) is 5.28. The summed E-state index contributed by atoms with van der Waals surface area (Å²) in [4.78, 5) is 20.3. The van der Waals surface area contributed by atoms with Crippen LogP contribution in [0.25, 0.3) is 0 Å². The summed E-state index contributed by atoms with van der Waals surface area (Å²) in [5, 5.41) is 1.55. The number of carbonyl (C=O) groups excluding carboxylic acids is 1. The summed E-state index contributed by atoms with van der Waals surface area (Å²) >= 11 is 0.999. The van der Waals surface area contributed by atoms with E-state index in [1.54, 1.807) is 34.1 Å². The predicted octanol–water partition coefficient (Wildman–Crippen LogP) is 3.93. The second kappa shape index (κ2) is 9.02. The summed E-state index contributed by atoms with van der Waals surface area (Å²) in [6.45, 7) is 1.34. The number of alkyl halides is 3. The quantitative estimate of drug-likeness (QED) is 0.579. The molecule has 0 atom stereocenters. The number of aromatic nitrogens is 1. The maximum Gasteiger partial charge on any atom is 0.416 e. The molecule has 1 aliphatic rings. The van der Waals surface area contributed by atoms with Gasteiger partial charge >= 0.3 is 6.18 Å². The van der Waals surface area contributed by atoms with Crippen molar-refractivity contribution in [2.24, 2.45) is 0 Å². The lowest BCUT2D eigenvalue weighted by Crippen LogP contribution is -2.48. The number of rotatable bonds is 5. The second-order valence-corrected chi connectivity index (χ2v) is 9.82. The van der Waals surface area contributed by atoms with Crippen molar-refractivity contribution in [2.45, 2.75) is 11.1 Å². The molecule has 0 radical (unpaired) electrons. The van der Waals surface area contributed by atoms with Crippen molar-refractivity contribution in [3.05, 3.63) is 71.2 Å². The molecule has 0 unspecified atom stereocenters. The number of nitrogens with one attached hydrogen (secondary N) is 1. The molecular weight excluding hydrogens is 477 g/mol. The van der Waals surface area contributed by atoms with Crippen molar-refractivity contribution in [3.8, 4) is 0 Å². The summed E-state index contributed by atoms with van der Waals surface area (Å²) in [6, 6.07) is 12.9. The maximum atomic E-state index is 13.0. The van der Waals surface area contributed by atoms with Gasteiger partial charge in [0.05, 0.1) is 10.5 Å². The van der Waals surface area contributed by atoms with Crippen molar-refractivity contribution >= 4 is 38.1 Å². The lowest BCUT2D eigenvalue weighted by atomic mass is 10.1. The standard InChI is InChI=1S/C21H19F3N4O3S2/c22-21(23,24)15-5-4-6-16(13-15)27-9-11-28(12-10-27)19(29)18-14-32-20(25-18)26-33(30,31)17-7-2-1-3-8-17/h1-8,13-14H,9-12H2,(H,25,26). The molecule has 1 saturated heterocycles. The van der Waals surface area contributed by atoms with Crippen LogP contribution in [0.1, 0.15) is 16.1 Å². The number of thiazole rings is 1. The summed E-state index contributed by atoms with van der Waals surface area (Å²) in [6.07, 6.45) is -4.42. The molecule has 33 heavy (non-hydrogen) atoms. The first kappa shape index (κ1) is 23.1. The Morgan fingerprint density at radius 3 is 2.36 bits per heavy atom. The van der Waals surface area contributed by atoms with Gasteiger partial charge in [-0.1, -0.05) is 24.3 Å². The number of hydrogen-bond donors (Lipinski definition) is 1. The Kier molecular flexibility index (Phi) is 6.30. The van der Waals surface area contributed by atoms with E-state index in [1.807, 2.05) is 0 Å². The molecule has 1 fully saturated rings. The lowest BCUT2D eigenvalue weighted by molar-refractivity contribution is -0.137. The van der Waals surface area contributed by atoms with Crippen LogP contribution in [0.5, 0.6) is 0 Å². The van der Waals surface area contributed by atoms with Gasteiger partial charge in [0.2, 0.25) is 0 Å². The Morgan fingerprint density at radius 1 is 1.00 bits per heavy atom. The SMILES string of the molecule is O=C(c1csc(NS(=O)(=O)c2ccccc2)n1)N1CCN(c2cccc(C(F)(F)F)c2)CC1. The molecule has 1 aromatic heterocycles. The number of halogens is 3. The molecular formula is C21H19F3N4O3S2. The van der Waals surface area contributed by atoms with Crippen LogP contribution in [0.3, 0.4) is 0 Å². The Balaban J connectivity index is 1.38. The Labute approximate surface area is 192 Å². The van der Waals surface area contributed by atoms with Gasteiger partial charge in [-0.15, -0.1) is 11.3 Å². The van der Waals surface area contributed by atoms with E-state index >= 15 is 0 Å². The molecule has 1 aliphatic heterocycles. The smallest absolute Gasteiger partial charge is 0.368 e. The molecule has 1 amide bonds. The van der Waals surface area contributed by atoms with E-state index in [4.69, 9.17) is 0 Å². The molecule has 0 saturated carbocycles. The van der Waals surface area contributed by atoms with Crippen LogP contribution in [-0.2, 0) is 16.2 Å². The minimum absolute atomic E-state index is 0.0739. The minimum atomic E-state index is -4.42. The van der Waals surface area contributed by atoms with Crippen molar-refractivity contribution < 1.29 is 26.4 Å². The fraction of sp³-hybridized carbons (Fsp3) is 0.238. The lowest BCUT2D eigenvalue weighted by Gasteiger charge is -2.36. The largest absolute Gasteiger partial charge is 0.416 e. The molecule has 12 heteroatoms. The molecule has 0 spiro atoms. The molecule has 7 nitrogen and oxygen atoms in total. The van der Waals surface area contributed by atoms with Crippen LogP contribution in [-0.4, -0.2) is 50.4 Å². The molecule has 0 bridgehead atoms. The van der Waals surface area contributed by atoms with Crippen molar-refractivity contribution in [2.75, 3.05) is 35.8 Å².